The molecule has 5 heteroatoms. The predicted molar refractivity (Wildman–Crippen MR) is 90.0 cm³/mol. The van der Waals surface area contributed by atoms with Crippen molar-refractivity contribution < 1.29 is 4.79 Å². The van der Waals surface area contributed by atoms with E-state index in [9.17, 15) is 4.79 Å². The fourth-order valence-corrected chi connectivity index (χ4v) is 2.40. The largest absolute Gasteiger partial charge is 0.349 e. The van der Waals surface area contributed by atoms with Gasteiger partial charge >= 0.3 is 0 Å². The number of hydrogen-bond acceptors (Lipinski definition) is 2. The van der Waals surface area contributed by atoms with Crippen molar-refractivity contribution in [2.24, 2.45) is 11.1 Å². The maximum Gasteiger partial charge on any atom is 0.227 e. The van der Waals surface area contributed by atoms with E-state index in [0.717, 1.165) is 22.9 Å². The Morgan fingerprint density at radius 1 is 1.30 bits per heavy atom. The molecule has 0 heterocycles. The van der Waals surface area contributed by atoms with Gasteiger partial charge in [0, 0.05) is 11.0 Å². The van der Waals surface area contributed by atoms with Crippen LogP contribution in [0.1, 0.15) is 45.2 Å². The molecule has 1 aromatic rings. The van der Waals surface area contributed by atoms with E-state index < -0.39 is 5.41 Å². The van der Waals surface area contributed by atoms with E-state index >= 15 is 0 Å². The standard InChI is InChI=1S/C15H23BrN2O.ClH/c1-4-15(5-2,10-17)14(19)18-11(3)12-6-8-13(16)9-7-12;/h6-9,11H,4-5,10,17H2,1-3H3,(H,18,19);1H. The lowest BCUT2D eigenvalue weighted by Crippen LogP contribution is -2.46. The van der Waals surface area contributed by atoms with Crippen molar-refractivity contribution in [3.8, 4) is 0 Å². The molecule has 0 radical (unpaired) electrons. The normalized spacial score (nSPS) is 12.4. The number of carbonyl (C=O) groups excluding carboxylic acids is 1. The van der Waals surface area contributed by atoms with Gasteiger partial charge in [0.15, 0.2) is 0 Å². The van der Waals surface area contributed by atoms with Gasteiger partial charge in [0.05, 0.1) is 11.5 Å². The van der Waals surface area contributed by atoms with E-state index in [1.165, 1.54) is 0 Å². The first-order valence-electron chi connectivity index (χ1n) is 6.75. The van der Waals surface area contributed by atoms with Gasteiger partial charge < -0.3 is 11.1 Å². The quantitative estimate of drug-likeness (QED) is 0.807. The molecule has 114 valence electrons. The molecule has 1 unspecified atom stereocenters. The van der Waals surface area contributed by atoms with Crippen LogP contribution in [0.4, 0.5) is 0 Å². The van der Waals surface area contributed by atoms with Crippen LogP contribution in [-0.2, 0) is 4.79 Å². The highest BCUT2D eigenvalue weighted by Crippen LogP contribution is 2.26. The van der Waals surface area contributed by atoms with Gasteiger partial charge in [-0.2, -0.15) is 0 Å². The van der Waals surface area contributed by atoms with Crippen LogP contribution < -0.4 is 11.1 Å². The number of carbonyl (C=O) groups is 1. The molecule has 20 heavy (non-hydrogen) atoms. The Morgan fingerprint density at radius 3 is 2.20 bits per heavy atom. The smallest absolute Gasteiger partial charge is 0.227 e. The van der Waals surface area contributed by atoms with Crippen LogP contribution in [0.15, 0.2) is 28.7 Å². The monoisotopic (exact) mass is 362 g/mol. The highest BCUT2D eigenvalue weighted by Gasteiger charge is 2.33. The Kier molecular flexibility index (Phi) is 8.40. The van der Waals surface area contributed by atoms with Crippen molar-refractivity contribution in [2.45, 2.75) is 39.7 Å². The van der Waals surface area contributed by atoms with Gasteiger partial charge in [0.2, 0.25) is 5.91 Å². The summed E-state index contributed by atoms with van der Waals surface area (Å²) in [6.07, 6.45) is 1.53. The minimum atomic E-state index is -0.441. The summed E-state index contributed by atoms with van der Waals surface area (Å²) < 4.78 is 1.04. The summed E-state index contributed by atoms with van der Waals surface area (Å²) in [6.45, 7) is 6.41. The van der Waals surface area contributed by atoms with Crippen LogP contribution in [0.2, 0.25) is 0 Å². The Balaban J connectivity index is 0.00000361. The molecule has 0 aliphatic heterocycles. The molecule has 0 aliphatic rings. The molecular formula is C15H24BrClN2O. The maximum atomic E-state index is 12.4. The van der Waals surface area contributed by atoms with E-state index in [-0.39, 0.29) is 24.4 Å². The number of nitrogens with two attached hydrogens (primary N) is 1. The van der Waals surface area contributed by atoms with Crippen molar-refractivity contribution >= 4 is 34.2 Å². The van der Waals surface area contributed by atoms with Crippen molar-refractivity contribution in [1.29, 1.82) is 0 Å². The molecule has 3 N–H and O–H groups in total. The molecule has 3 nitrogen and oxygen atoms in total. The number of benzene rings is 1. The van der Waals surface area contributed by atoms with Crippen molar-refractivity contribution in [2.75, 3.05) is 6.54 Å². The number of hydrogen-bond donors (Lipinski definition) is 2. The first-order valence-corrected chi connectivity index (χ1v) is 7.55. The summed E-state index contributed by atoms with van der Waals surface area (Å²) in [5, 5.41) is 3.08. The predicted octanol–water partition coefficient (Wildman–Crippen LogP) is 3.81. The van der Waals surface area contributed by atoms with Crippen LogP contribution in [0.25, 0.3) is 0 Å². The molecule has 0 saturated carbocycles. The van der Waals surface area contributed by atoms with Crippen molar-refractivity contribution in [3.05, 3.63) is 34.3 Å². The molecule has 1 aromatic carbocycles. The third kappa shape index (κ3) is 4.47. The first-order chi connectivity index (χ1) is 8.99. The molecule has 1 atom stereocenters. The van der Waals surface area contributed by atoms with E-state index in [4.69, 9.17) is 5.73 Å². The number of nitrogens with one attached hydrogen (secondary N) is 1. The Bertz CT molecular complexity index is 410. The van der Waals surface area contributed by atoms with Crippen molar-refractivity contribution in [3.63, 3.8) is 0 Å². The fourth-order valence-electron chi connectivity index (χ4n) is 2.14. The lowest BCUT2D eigenvalue weighted by Gasteiger charge is -2.30. The molecule has 0 bridgehead atoms. The van der Waals surface area contributed by atoms with E-state index in [1.54, 1.807) is 0 Å². The topological polar surface area (TPSA) is 55.1 Å². The average Bonchev–Trinajstić information content (AvgIpc) is 2.42. The van der Waals surface area contributed by atoms with E-state index in [0.29, 0.717) is 6.54 Å². The van der Waals surface area contributed by atoms with Gasteiger partial charge in [-0.25, -0.2) is 0 Å². The van der Waals surface area contributed by atoms with Crippen LogP contribution >= 0.6 is 28.3 Å². The highest BCUT2D eigenvalue weighted by atomic mass is 79.9. The molecule has 0 fully saturated rings. The lowest BCUT2D eigenvalue weighted by atomic mass is 9.81. The number of halogens is 2. The molecule has 0 saturated heterocycles. The minimum Gasteiger partial charge on any atom is -0.349 e. The van der Waals surface area contributed by atoms with Crippen LogP contribution in [0.3, 0.4) is 0 Å². The minimum absolute atomic E-state index is 0. The summed E-state index contributed by atoms with van der Waals surface area (Å²) in [6, 6.07) is 7.97. The lowest BCUT2D eigenvalue weighted by molar-refractivity contribution is -0.131. The second kappa shape index (κ2) is 8.65. The Morgan fingerprint density at radius 2 is 1.80 bits per heavy atom. The summed E-state index contributed by atoms with van der Waals surface area (Å²) in [5.74, 6) is 0.0513. The Hall–Kier alpha value is -0.580. The van der Waals surface area contributed by atoms with Gasteiger partial charge in [-0.1, -0.05) is 41.9 Å². The van der Waals surface area contributed by atoms with E-state index in [1.807, 2.05) is 45.0 Å². The zero-order chi connectivity index (χ0) is 14.5. The third-order valence-electron chi connectivity index (χ3n) is 3.94. The van der Waals surface area contributed by atoms with Gasteiger partial charge in [0.1, 0.15) is 0 Å². The third-order valence-corrected chi connectivity index (χ3v) is 4.47. The molecule has 1 rings (SSSR count). The Labute approximate surface area is 136 Å². The second-order valence-electron chi connectivity index (χ2n) is 4.94. The summed E-state index contributed by atoms with van der Waals surface area (Å²) in [5.41, 5.74) is 6.45. The molecule has 0 aromatic heterocycles. The number of rotatable bonds is 6. The van der Waals surface area contributed by atoms with Crippen LogP contribution in [0.5, 0.6) is 0 Å². The summed E-state index contributed by atoms with van der Waals surface area (Å²) in [4.78, 5) is 12.4. The second-order valence-corrected chi connectivity index (χ2v) is 5.85. The van der Waals surface area contributed by atoms with Gasteiger partial charge in [0.25, 0.3) is 0 Å². The average molecular weight is 364 g/mol. The number of amides is 1. The van der Waals surface area contributed by atoms with Crippen molar-refractivity contribution in [1.82, 2.24) is 5.32 Å². The zero-order valence-corrected chi connectivity index (χ0v) is 14.7. The SMILES string of the molecule is CCC(CC)(CN)C(=O)NC(C)c1ccc(Br)cc1.Cl. The van der Waals surface area contributed by atoms with Gasteiger partial charge in [-0.3, -0.25) is 4.79 Å². The molecule has 0 aliphatic carbocycles. The first kappa shape index (κ1) is 19.4. The van der Waals surface area contributed by atoms with Gasteiger partial charge in [-0.15, -0.1) is 12.4 Å². The van der Waals surface area contributed by atoms with Crippen LogP contribution in [-0.4, -0.2) is 12.5 Å². The van der Waals surface area contributed by atoms with Crippen LogP contribution in [0, 0.1) is 5.41 Å². The van der Waals surface area contributed by atoms with Gasteiger partial charge in [-0.05, 0) is 37.5 Å². The highest BCUT2D eigenvalue weighted by molar-refractivity contribution is 9.10. The summed E-state index contributed by atoms with van der Waals surface area (Å²) >= 11 is 3.41. The van der Waals surface area contributed by atoms with E-state index in [2.05, 4.69) is 21.2 Å². The maximum absolute atomic E-state index is 12.4. The summed E-state index contributed by atoms with van der Waals surface area (Å²) in [7, 11) is 0. The molecule has 1 amide bonds. The fraction of sp³-hybridized carbons (Fsp3) is 0.533. The zero-order valence-electron chi connectivity index (χ0n) is 12.3. The molecule has 0 spiro atoms. The molecular weight excluding hydrogens is 340 g/mol.